The van der Waals surface area contributed by atoms with Crippen molar-refractivity contribution in [2.24, 2.45) is 0 Å². The number of rotatable bonds is 7. The molecule has 1 fully saturated rings. The van der Waals surface area contributed by atoms with Gasteiger partial charge in [-0.15, -0.1) is 0 Å². The summed E-state index contributed by atoms with van der Waals surface area (Å²) in [6, 6.07) is 15.8. The summed E-state index contributed by atoms with van der Waals surface area (Å²) in [5, 5.41) is 0. The molecular formula is C21H27N3O2. The third-order valence-electron chi connectivity index (χ3n) is 4.55. The maximum absolute atomic E-state index is 12.7. The van der Waals surface area contributed by atoms with Crippen LogP contribution in [-0.4, -0.2) is 47.9 Å². The van der Waals surface area contributed by atoms with Crippen molar-refractivity contribution in [3.05, 3.63) is 59.9 Å². The summed E-state index contributed by atoms with van der Waals surface area (Å²) in [6.45, 7) is 2.01. The lowest BCUT2D eigenvalue weighted by molar-refractivity contribution is -0.132. The van der Waals surface area contributed by atoms with E-state index in [0.29, 0.717) is 13.0 Å². The molecule has 2 heterocycles. The standard InChI is InChI=1S/C21H27N3O2/c1-23(2)16-17-8-6-11-19(22-17)20-12-7-14-24(20)21(25)13-15-26-18-9-4-3-5-10-18/h3-6,8-11,20H,7,12-16H2,1-2H3/t20-/m0/s1. The zero-order valence-corrected chi connectivity index (χ0v) is 15.6. The zero-order chi connectivity index (χ0) is 18.4. The zero-order valence-electron chi connectivity index (χ0n) is 15.6. The fourth-order valence-corrected chi connectivity index (χ4v) is 3.39. The van der Waals surface area contributed by atoms with Gasteiger partial charge in [0.05, 0.1) is 30.5 Å². The first kappa shape index (κ1) is 18.4. The lowest BCUT2D eigenvalue weighted by atomic mass is 10.1. The van der Waals surface area contributed by atoms with Gasteiger partial charge in [0.25, 0.3) is 0 Å². The summed E-state index contributed by atoms with van der Waals surface area (Å²) in [7, 11) is 4.07. The molecule has 1 amide bonds. The fraction of sp³-hybridized carbons (Fsp3) is 0.429. The smallest absolute Gasteiger partial charge is 0.226 e. The second-order valence-electron chi connectivity index (χ2n) is 6.95. The van der Waals surface area contributed by atoms with E-state index >= 15 is 0 Å². The van der Waals surface area contributed by atoms with Gasteiger partial charge in [0.15, 0.2) is 0 Å². The molecule has 0 saturated carbocycles. The lowest BCUT2D eigenvalue weighted by Gasteiger charge is -2.25. The molecule has 2 aromatic rings. The van der Waals surface area contributed by atoms with Crippen LogP contribution in [0.1, 0.15) is 36.7 Å². The number of carbonyl (C=O) groups excluding carboxylic acids is 1. The lowest BCUT2D eigenvalue weighted by Crippen LogP contribution is -2.32. The molecule has 5 heteroatoms. The maximum atomic E-state index is 12.7. The molecule has 1 aromatic carbocycles. The molecule has 1 saturated heterocycles. The van der Waals surface area contributed by atoms with Crippen LogP contribution < -0.4 is 4.74 Å². The van der Waals surface area contributed by atoms with E-state index in [4.69, 9.17) is 9.72 Å². The van der Waals surface area contributed by atoms with Gasteiger partial charge in [-0.05, 0) is 51.2 Å². The number of pyridine rings is 1. The fourth-order valence-electron chi connectivity index (χ4n) is 3.39. The number of amides is 1. The highest BCUT2D eigenvalue weighted by Gasteiger charge is 2.30. The molecule has 1 aromatic heterocycles. The van der Waals surface area contributed by atoms with Crippen LogP contribution in [0.5, 0.6) is 5.75 Å². The first-order valence-electron chi connectivity index (χ1n) is 9.21. The number of carbonyl (C=O) groups is 1. The minimum absolute atomic E-state index is 0.0846. The molecule has 0 spiro atoms. The van der Waals surface area contributed by atoms with E-state index in [1.54, 1.807) is 0 Å². The molecule has 26 heavy (non-hydrogen) atoms. The molecule has 5 nitrogen and oxygen atoms in total. The molecule has 138 valence electrons. The summed E-state index contributed by atoms with van der Waals surface area (Å²) in [5.74, 6) is 0.944. The molecular weight excluding hydrogens is 326 g/mol. The molecule has 0 bridgehead atoms. The maximum Gasteiger partial charge on any atom is 0.226 e. The number of para-hydroxylation sites is 1. The van der Waals surface area contributed by atoms with Gasteiger partial charge in [-0.25, -0.2) is 0 Å². The van der Waals surface area contributed by atoms with Gasteiger partial charge in [0.1, 0.15) is 5.75 Å². The molecule has 1 atom stereocenters. The van der Waals surface area contributed by atoms with E-state index in [1.165, 1.54) is 0 Å². The number of hydrogen-bond donors (Lipinski definition) is 0. The molecule has 0 unspecified atom stereocenters. The average Bonchev–Trinajstić information content (AvgIpc) is 3.12. The molecule has 0 aliphatic carbocycles. The SMILES string of the molecule is CN(C)Cc1cccc([C@@H]2CCCN2C(=O)CCOc2ccccc2)n1. The predicted molar refractivity (Wildman–Crippen MR) is 102 cm³/mol. The Balaban J connectivity index is 1.59. The first-order valence-corrected chi connectivity index (χ1v) is 9.21. The number of nitrogens with zero attached hydrogens (tertiary/aromatic N) is 3. The van der Waals surface area contributed by atoms with Crippen LogP contribution in [0, 0.1) is 0 Å². The van der Waals surface area contributed by atoms with Gasteiger partial charge < -0.3 is 14.5 Å². The van der Waals surface area contributed by atoms with Gasteiger partial charge in [-0.1, -0.05) is 24.3 Å². The average molecular weight is 353 g/mol. The monoisotopic (exact) mass is 353 g/mol. The minimum Gasteiger partial charge on any atom is -0.493 e. The van der Waals surface area contributed by atoms with Crippen molar-refractivity contribution in [1.82, 2.24) is 14.8 Å². The van der Waals surface area contributed by atoms with E-state index in [1.807, 2.05) is 67.5 Å². The van der Waals surface area contributed by atoms with Gasteiger partial charge in [-0.2, -0.15) is 0 Å². The minimum atomic E-state index is 0.0846. The summed E-state index contributed by atoms with van der Waals surface area (Å²) in [4.78, 5) is 21.6. The number of likely N-dealkylation sites (tertiary alicyclic amines) is 1. The van der Waals surface area contributed by atoms with Gasteiger partial charge in [-0.3, -0.25) is 9.78 Å². The topological polar surface area (TPSA) is 45.7 Å². The van der Waals surface area contributed by atoms with Gasteiger partial charge in [0, 0.05) is 13.1 Å². The van der Waals surface area contributed by atoms with Crippen LogP contribution in [0.4, 0.5) is 0 Å². The second kappa shape index (κ2) is 8.81. The highest BCUT2D eigenvalue weighted by atomic mass is 16.5. The third kappa shape index (κ3) is 4.82. The van der Waals surface area contributed by atoms with E-state index < -0.39 is 0 Å². The van der Waals surface area contributed by atoms with Crippen molar-refractivity contribution in [2.75, 3.05) is 27.2 Å². The van der Waals surface area contributed by atoms with Crippen LogP contribution in [0.25, 0.3) is 0 Å². The van der Waals surface area contributed by atoms with Crippen molar-refractivity contribution >= 4 is 5.91 Å². The Morgan fingerprint density at radius 2 is 2.00 bits per heavy atom. The van der Waals surface area contributed by atoms with Crippen LogP contribution in [0.2, 0.25) is 0 Å². The normalized spacial score (nSPS) is 16.9. The Morgan fingerprint density at radius 3 is 2.77 bits per heavy atom. The molecule has 0 N–H and O–H groups in total. The Hall–Kier alpha value is -2.40. The van der Waals surface area contributed by atoms with Gasteiger partial charge >= 0.3 is 0 Å². The predicted octanol–water partition coefficient (Wildman–Crippen LogP) is 3.28. The quantitative estimate of drug-likeness (QED) is 0.766. The Bertz CT molecular complexity index is 718. The van der Waals surface area contributed by atoms with E-state index in [-0.39, 0.29) is 11.9 Å². The van der Waals surface area contributed by atoms with E-state index in [9.17, 15) is 4.79 Å². The molecule has 1 aliphatic rings. The number of ether oxygens (including phenoxy) is 1. The first-order chi connectivity index (χ1) is 12.6. The second-order valence-corrected chi connectivity index (χ2v) is 6.95. The Morgan fingerprint density at radius 1 is 1.19 bits per heavy atom. The summed E-state index contributed by atoms with van der Waals surface area (Å²) in [6.07, 6.45) is 2.39. The molecule has 0 radical (unpaired) electrons. The molecule has 3 rings (SSSR count). The number of benzene rings is 1. The van der Waals surface area contributed by atoms with Crippen LogP contribution in [0.15, 0.2) is 48.5 Å². The highest BCUT2D eigenvalue weighted by molar-refractivity contribution is 5.77. The summed E-state index contributed by atoms with van der Waals surface area (Å²) < 4.78 is 5.67. The third-order valence-corrected chi connectivity index (χ3v) is 4.55. The highest BCUT2D eigenvalue weighted by Crippen LogP contribution is 2.31. The van der Waals surface area contributed by atoms with Crippen LogP contribution in [0.3, 0.4) is 0 Å². The van der Waals surface area contributed by atoms with E-state index in [2.05, 4.69) is 4.90 Å². The molecule has 1 aliphatic heterocycles. The Kier molecular flexibility index (Phi) is 6.23. The van der Waals surface area contributed by atoms with E-state index in [0.717, 1.165) is 43.1 Å². The summed E-state index contributed by atoms with van der Waals surface area (Å²) in [5.41, 5.74) is 2.04. The van der Waals surface area contributed by atoms with Crippen molar-refractivity contribution in [2.45, 2.75) is 31.8 Å². The number of aromatic nitrogens is 1. The van der Waals surface area contributed by atoms with Gasteiger partial charge in [0.2, 0.25) is 5.91 Å². The van der Waals surface area contributed by atoms with Crippen LogP contribution >= 0.6 is 0 Å². The summed E-state index contributed by atoms with van der Waals surface area (Å²) >= 11 is 0. The van der Waals surface area contributed by atoms with Crippen LogP contribution in [-0.2, 0) is 11.3 Å². The van der Waals surface area contributed by atoms with Crippen molar-refractivity contribution in [1.29, 1.82) is 0 Å². The van der Waals surface area contributed by atoms with Crippen molar-refractivity contribution < 1.29 is 9.53 Å². The van der Waals surface area contributed by atoms with Crippen molar-refractivity contribution in [3.8, 4) is 5.75 Å². The van der Waals surface area contributed by atoms with Crippen molar-refractivity contribution in [3.63, 3.8) is 0 Å². The Labute approximate surface area is 155 Å². The number of hydrogen-bond acceptors (Lipinski definition) is 4. The largest absolute Gasteiger partial charge is 0.493 e.